The average molecular weight is 782 g/mol. The molecule has 0 heterocycles. The number of halogens is 2. The van der Waals surface area contributed by atoms with Gasteiger partial charge in [-0.2, -0.15) is 0 Å². The van der Waals surface area contributed by atoms with Crippen molar-refractivity contribution in [2.45, 2.75) is 43.5 Å². The number of carboxylic acid groups (broad SMARTS) is 1. The summed E-state index contributed by atoms with van der Waals surface area (Å²) >= 11 is 10.1. The smallest absolute Gasteiger partial charge is 0.375 e. The summed E-state index contributed by atoms with van der Waals surface area (Å²) in [5.41, 5.74) is 2.49. The number of hydrogen-bond acceptors (Lipinski definition) is 11. The van der Waals surface area contributed by atoms with E-state index < -0.39 is 41.0 Å². The van der Waals surface area contributed by atoms with Crippen LogP contribution in [-0.2, 0) is 37.1 Å². The molecule has 0 aliphatic rings. The lowest BCUT2D eigenvalue weighted by molar-refractivity contribution is -0.194. The molecule has 0 unspecified atom stereocenters. The van der Waals surface area contributed by atoms with E-state index in [-0.39, 0.29) is 29.2 Å². The molecule has 14 heteroatoms. The van der Waals surface area contributed by atoms with Gasteiger partial charge in [0, 0.05) is 17.2 Å². The predicted molar refractivity (Wildman–Crippen MR) is 201 cm³/mol. The summed E-state index contributed by atoms with van der Waals surface area (Å²) in [7, 11) is 0. The molecule has 0 aliphatic carbocycles. The number of aliphatic carboxylic acids is 1. The maximum atomic E-state index is 12.2. The van der Waals surface area contributed by atoms with Crippen LogP contribution in [0.4, 0.5) is 0 Å². The van der Waals surface area contributed by atoms with Crippen LogP contribution in [0.1, 0.15) is 56.8 Å². The molecule has 0 saturated carbocycles. The minimum absolute atomic E-state index is 0.00455. The van der Waals surface area contributed by atoms with Crippen molar-refractivity contribution in [2.24, 2.45) is 0 Å². The number of hydrogen-bond donors (Lipinski definition) is 5. The summed E-state index contributed by atoms with van der Waals surface area (Å²) in [6.45, 7) is 3.18. The van der Waals surface area contributed by atoms with Crippen molar-refractivity contribution in [1.82, 2.24) is 0 Å². The normalized spacial score (nSPS) is 11.2. The third-order valence-electron chi connectivity index (χ3n) is 6.75. The molecule has 0 aliphatic heterocycles. The minimum atomic E-state index is -3.33. The van der Waals surface area contributed by atoms with Gasteiger partial charge in [0.05, 0.1) is 0 Å². The highest BCUT2D eigenvalue weighted by Gasteiger charge is 2.45. The number of rotatable bonds is 13. The van der Waals surface area contributed by atoms with Crippen LogP contribution in [-0.4, -0.2) is 71.4 Å². The number of esters is 2. The second-order valence-electron chi connectivity index (χ2n) is 11.1. The van der Waals surface area contributed by atoms with Crippen LogP contribution in [0.15, 0.2) is 121 Å². The molecule has 12 nitrogen and oxygen atoms in total. The Bertz CT molecular complexity index is 1880. The van der Waals surface area contributed by atoms with E-state index >= 15 is 0 Å². The first-order chi connectivity index (χ1) is 25.5. The van der Waals surface area contributed by atoms with E-state index in [1.54, 1.807) is 79.7 Å². The zero-order valence-corrected chi connectivity index (χ0v) is 30.6. The van der Waals surface area contributed by atoms with Crippen LogP contribution in [0, 0.1) is 0 Å². The van der Waals surface area contributed by atoms with Gasteiger partial charge in [-0.25, -0.2) is 14.4 Å². The average Bonchev–Trinajstić information content (AvgIpc) is 3.16. The Hall–Kier alpha value is -5.47. The van der Waals surface area contributed by atoms with E-state index in [0.717, 1.165) is 11.6 Å². The fraction of sp³-hybridized carbons (Fsp3) is 0.175. The van der Waals surface area contributed by atoms with Gasteiger partial charge in [-0.1, -0.05) is 121 Å². The standard InChI is InChI=1S/C19H16O7.C19H18O5.C2H4Cl2/c20-16(21)11-8-13-6-9-15(10-7-13)17(22)19(24,25)18(23)26-12-14-4-2-1-3-5-14;1-2-6-14-9-11-16(12-10-14)17(20)19(22,23)18(21)24-13-15-7-4-3-5-8-15;1-2(3)4/h1-11,24-25H,12H2,(H,20,21);2-12,22-23H,13H2,1H3;2H,1H3/b11-8+;6-2+;. The highest BCUT2D eigenvalue weighted by molar-refractivity contribution is 6.43. The van der Waals surface area contributed by atoms with E-state index in [4.69, 9.17) is 37.8 Å². The number of ether oxygens (including phenoxy) is 2. The molecule has 54 heavy (non-hydrogen) atoms. The van der Waals surface area contributed by atoms with Crippen molar-refractivity contribution in [2.75, 3.05) is 0 Å². The molecule has 0 saturated heterocycles. The summed E-state index contributed by atoms with van der Waals surface area (Å²) < 4.78 is 9.61. The van der Waals surface area contributed by atoms with Gasteiger partial charge < -0.3 is 35.0 Å². The third-order valence-corrected chi connectivity index (χ3v) is 6.75. The van der Waals surface area contributed by atoms with Crippen LogP contribution in [0.2, 0.25) is 0 Å². The zero-order valence-electron chi connectivity index (χ0n) is 29.0. The molecule has 0 amide bonds. The maximum absolute atomic E-state index is 12.2. The first-order valence-corrected chi connectivity index (χ1v) is 16.8. The number of Topliss-reactive ketones (excluding diaryl/α,β-unsaturated/α-hetero) is 2. The summed E-state index contributed by atoms with van der Waals surface area (Å²) in [6.07, 6.45) is 5.88. The SMILES string of the molecule is C/C=C/c1ccc(C(=O)C(O)(O)C(=O)OCc2ccccc2)cc1.CC(Cl)Cl.O=C(O)/C=C/c1ccc(C(=O)C(O)(O)C(=O)OCc2ccccc2)cc1. The first-order valence-electron chi connectivity index (χ1n) is 15.9. The molecule has 4 aromatic carbocycles. The molecular formula is C40H38Cl2O12. The quantitative estimate of drug-likeness (QED) is 0.0284. The number of carbonyl (C=O) groups is 5. The van der Waals surface area contributed by atoms with E-state index in [1.165, 1.54) is 42.5 Å². The summed E-state index contributed by atoms with van der Waals surface area (Å²) in [4.78, 5) is 58.3. The second kappa shape index (κ2) is 21.9. The molecule has 284 valence electrons. The van der Waals surface area contributed by atoms with Crippen molar-refractivity contribution in [3.8, 4) is 0 Å². The Morgan fingerprint density at radius 3 is 1.26 bits per heavy atom. The Balaban J connectivity index is 0.000000341. The number of carbonyl (C=O) groups excluding carboxylic acids is 4. The van der Waals surface area contributed by atoms with Gasteiger partial charge in [-0.05, 0) is 42.2 Å². The monoisotopic (exact) mass is 780 g/mol. The summed E-state index contributed by atoms with van der Waals surface area (Å²) in [6, 6.07) is 28.7. The number of allylic oxidation sites excluding steroid dienone is 1. The molecule has 0 fully saturated rings. The largest absolute Gasteiger partial charge is 0.478 e. The van der Waals surface area contributed by atoms with Gasteiger partial charge in [0.1, 0.15) is 18.1 Å². The van der Waals surface area contributed by atoms with Gasteiger partial charge in [0.25, 0.3) is 0 Å². The Kier molecular flexibility index (Phi) is 18.1. The first kappa shape index (κ1) is 44.7. The Labute approximate surface area is 321 Å². The van der Waals surface area contributed by atoms with Crippen molar-refractivity contribution in [3.05, 3.63) is 155 Å². The van der Waals surface area contributed by atoms with E-state index in [0.29, 0.717) is 16.7 Å². The fourth-order valence-electron chi connectivity index (χ4n) is 4.09. The number of ketones is 2. The number of aliphatic hydroxyl groups is 4. The van der Waals surface area contributed by atoms with Crippen molar-refractivity contribution >= 4 is 64.8 Å². The van der Waals surface area contributed by atoms with Crippen molar-refractivity contribution in [1.29, 1.82) is 0 Å². The summed E-state index contributed by atoms with van der Waals surface area (Å²) in [5.74, 6) is -13.0. The molecule has 0 aromatic heterocycles. The second-order valence-corrected chi connectivity index (χ2v) is 12.6. The van der Waals surface area contributed by atoms with Crippen LogP contribution >= 0.6 is 23.2 Å². The molecule has 0 radical (unpaired) electrons. The van der Waals surface area contributed by atoms with Crippen molar-refractivity contribution < 1.29 is 59.0 Å². The van der Waals surface area contributed by atoms with Crippen LogP contribution in [0.25, 0.3) is 12.2 Å². The Morgan fingerprint density at radius 1 is 0.611 bits per heavy atom. The zero-order chi connectivity index (χ0) is 40.3. The number of benzene rings is 4. The molecule has 0 bridgehead atoms. The van der Waals surface area contributed by atoms with Crippen LogP contribution in [0.5, 0.6) is 0 Å². The highest BCUT2D eigenvalue weighted by Crippen LogP contribution is 2.17. The molecule has 0 atom stereocenters. The molecule has 4 rings (SSSR count). The molecule has 4 aromatic rings. The predicted octanol–water partition coefficient (Wildman–Crippen LogP) is 5.53. The molecular weight excluding hydrogens is 743 g/mol. The topological polar surface area (TPSA) is 205 Å². The van der Waals surface area contributed by atoms with Gasteiger partial charge in [-0.15, -0.1) is 23.2 Å². The molecule has 0 spiro atoms. The van der Waals surface area contributed by atoms with Crippen LogP contribution < -0.4 is 0 Å². The Morgan fingerprint density at radius 2 is 0.944 bits per heavy atom. The van der Waals surface area contributed by atoms with Gasteiger partial charge >= 0.3 is 29.5 Å². The summed E-state index contributed by atoms with van der Waals surface area (Å²) in [5, 5.41) is 48.0. The van der Waals surface area contributed by atoms with Crippen molar-refractivity contribution in [3.63, 3.8) is 0 Å². The lowest BCUT2D eigenvalue weighted by atomic mass is 10.0. The van der Waals surface area contributed by atoms with E-state index in [9.17, 15) is 44.4 Å². The van der Waals surface area contributed by atoms with E-state index in [1.807, 2.05) is 19.1 Å². The maximum Gasteiger partial charge on any atom is 0.375 e. The third kappa shape index (κ3) is 14.9. The van der Waals surface area contributed by atoms with Gasteiger partial charge in [0.15, 0.2) is 0 Å². The van der Waals surface area contributed by atoms with Gasteiger partial charge in [0.2, 0.25) is 11.6 Å². The lowest BCUT2D eigenvalue weighted by Crippen LogP contribution is -2.47. The fourth-order valence-corrected chi connectivity index (χ4v) is 4.09. The lowest BCUT2D eigenvalue weighted by Gasteiger charge is -2.18. The minimum Gasteiger partial charge on any atom is -0.478 e. The molecule has 5 N–H and O–H groups in total. The van der Waals surface area contributed by atoms with E-state index in [2.05, 4.69) is 0 Å². The van der Waals surface area contributed by atoms with Gasteiger partial charge in [-0.3, -0.25) is 9.59 Å². The van der Waals surface area contributed by atoms with Crippen LogP contribution in [0.3, 0.4) is 0 Å². The highest BCUT2D eigenvalue weighted by atomic mass is 35.5. The number of carboxylic acids is 1. The number of alkyl halides is 2.